The highest BCUT2D eigenvalue weighted by molar-refractivity contribution is 5.90. The lowest BCUT2D eigenvalue weighted by Crippen LogP contribution is -2.57. The van der Waals surface area contributed by atoms with Gasteiger partial charge in [-0.05, 0) is 49.1 Å². The van der Waals surface area contributed by atoms with Gasteiger partial charge in [-0.2, -0.15) is 0 Å². The van der Waals surface area contributed by atoms with Crippen LogP contribution < -0.4 is 10.1 Å². The average Bonchev–Trinajstić information content (AvgIpc) is 3.30. The van der Waals surface area contributed by atoms with Gasteiger partial charge in [0.1, 0.15) is 23.9 Å². The molecule has 1 saturated heterocycles. The number of rotatable bonds is 1. The van der Waals surface area contributed by atoms with E-state index in [1.165, 1.54) is 4.90 Å². The Labute approximate surface area is 234 Å². The van der Waals surface area contributed by atoms with E-state index in [9.17, 15) is 24.3 Å². The number of ether oxygens (including phenoxy) is 3. The summed E-state index contributed by atoms with van der Waals surface area (Å²) < 4.78 is 17.4. The molecule has 4 bridgehead atoms. The van der Waals surface area contributed by atoms with E-state index >= 15 is 0 Å². The van der Waals surface area contributed by atoms with Crippen LogP contribution in [0.2, 0.25) is 0 Å². The maximum Gasteiger partial charge on any atom is 0.410 e. The normalized spacial score (nSPS) is 27.3. The first-order valence-electron chi connectivity index (χ1n) is 14.1. The average molecular weight is 558 g/mol. The van der Waals surface area contributed by atoms with E-state index in [0.717, 1.165) is 49.0 Å². The highest BCUT2D eigenvalue weighted by atomic mass is 16.6. The molecule has 5 rings (SSSR count). The number of carboxylic acid groups (broad SMARTS) is 1. The zero-order valence-corrected chi connectivity index (χ0v) is 23.4. The van der Waals surface area contributed by atoms with Crippen molar-refractivity contribution in [3.63, 3.8) is 0 Å². The summed E-state index contributed by atoms with van der Waals surface area (Å²) in [5, 5.41) is 12.6. The molecule has 218 valence electrons. The standard InChI is InChI=1S/C29H39N3O8/c1-28(2,3)23-24(33)32-15-19(13-21(32)25(34)35)40-27(37)31-14-18-7-6-8-22(20(18)16-31)38-12-5-4-9-29(10-11-29)17-39-26(36)30-23/h6-8,19,21,23H,4-5,9-17H2,1-3H3,(H,30,36)(H,34,35)/t19-,21?,23-/m1/s1. The van der Waals surface area contributed by atoms with Crippen LogP contribution in [0.1, 0.15) is 70.4 Å². The topological polar surface area (TPSA) is 135 Å². The van der Waals surface area contributed by atoms with Gasteiger partial charge in [-0.1, -0.05) is 32.9 Å². The zero-order chi connectivity index (χ0) is 28.7. The van der Waals surface area contributed by atoms with Gasteiger partial charge in [0.15, 0.2) is 0 Å². The fourth-order valence-corrected chi connectivity index (χ4v) is 5.85. The molecular formula is C29H39N3O8. The summed E-state index contributed by atoms with van der Waals surface area (Å²) in [6, 6.07) is 3.57. The molecule has 3 amide bonds. The van der Waals surface area contributed by atoms with Crippen LogP contribution in [0.25, 0.3) is 0 Å². The first kappa shape index (κ1) is 28.0. The molecule has 1 aromatic carbocycles. The molecule has 40 heavy (non-hydrogen) atoms. The number of carbonyl (C=O) groups is 4. The smallest absolute Gasteiger partial charge is 0.410 e. The SMILES string of the molecule is CC(C)(C)[C@@H]1NC(=O)OCC2(CCCCOc3cccc4c3CN(C4)C(=O)O[C@@H]3CC(C(=O)O)N(C3)C1=O)CC2. The van der Waals surface area contributed by atoms with Crippen LogP contribution in [0.15, 0.2) is 18.2 Å². The largest absolute Gasteiger partial charge is 0.493 e. The van der Waals surface area contributed by atoms with Gasteiger partial charge in [-0.15, -0.1) is 0 Å². The van der Waals surface area contributed by atoms with Crippen molar-refractivity contribution in [1.29, 1.82) is 0 Å². The molecule has 0 radical (unpaired) electrons. The third kappa shape index (κ3) is 5.97. The number of amides is 3. The third-order valence-corrected chi connectivity index (χ3v) is 8.50. The number of nitrogens with zero attached hydrogens (tertiary/aromatic N) is 2. The summed E-state index contributed by atoms with van der Waals surface area (Å²) in [5.41, 5.74) is 1.17. The summed E-state index contributed by atoms with van der Waals surface area (Å²) in [5.74, 6) is -0.989. The minimum absolute atomic E-state index is 0.0359. The van der Waals surface area contributed by atoms with Crippen molar-refractivity contribution in [3.05, 3.63) is 29.3 Å². The van der Waals surface area contributed by atoms with Crippen LogP contribution in [0.3, 0.4) is 0 Å². The van der Waals surface area contributed by atoms with Gasteiger partial charge in [0.2, 0.25) is 5.91 Å². The molecule has 4 aliphatic rings. The van der Waals surface area contributed by atoms with Crippen molar-refractivity contribution in [2.45, 2.75) is 90.6 Å². The Balaban J connectivity index is 1.38. The summed E-state index contributed by atoms with van der Waals surface area (Å²) in [4.78, 5) is 54.5. The molecule has 3 heterocycles. The van der Waals surface area contributed by atoms with Crippen LogP contribution in [-0.4, -0.2) is 76.9 Å². The van der Waals surface area contributed by atoms with Crippen molar-refractivity contribution in [2.75, 3.05) is 19.8 Å². The second-order valence-electron chi connectivity index (χ2n) is 12.7. The van der Waals surface area contributed by atoms with Gasteiger partial charge in [0.25, 0.3) is 0 Å². The predicted octanol–water partition coefficient (Wildman–Crippen LogP) is 3.68. The Kier molecular flexibility index (Phi) is 7.58. The summed E-state index contributed by atoms with van der Waals surface area (Å²) in [6.07, 6.45) is 2.55. The molecule has 3 atom stereocenters. The van der Waals surface area contributed by atoms with Crippen molar-refractivity contribution in [3.8, 4) is 5.75 Å². The number of nitrogens with one attached hydrogen (secondary N) is 1. The number of benzene rings is 1. The van der Waals surface area contributed by atoms with Crippen LogP contribution in [0.4, 0.5) is 9.59 Å². The second-order valence-corrected chi connectivity index (χ2v) is 12.7. The van der Waals surface area contributed by atoms with E-state index in [1.54, 1.807) is 25.7 Å². The lowest BCUT2D eigenvalue weighted by atomic mass is 9.85. The fraction of sp³-hybridized carbons (Fsp3) is 0.655. The number of cyclic esters (lactones) is 1. The molecule has 3 aliphatic heterocycles. The van der Waals surface area contributed by atoms with E-state index in [-0.39, 0.29) is 25.0 Å². The molecule has 0 aromatic heterocycles. The first-order valence-corrected chi connectivity index (χ1v) is 14.1. The summed E-state index contributed by atoms with van der Waals surface area (Å²) >= 11 is 0. The molecule has 2 N–H and O–H groups in total. The number of carbonyl (C=O) groups excluding carboxylic acids is 3. The zero-order valence-electron chi connectivity index (χ0n) is 23.4. The lowest BCUT2D eigenvalue weighted by molar-refractivity contribution is -0.150. The van der Waals surface area contributed by atoms with E-state index in [1.807, 2.05) is 18.2 Å². The number of alkyl carbamates (subject to hydrolysis) is 1. The highest BCUT2D eigenvalue weighted by Crippen LogP contribution is 2.50. The lowest BCUT2D eigenvalue weighted by Gasteiger charge is -2.34. The van der Waals surface area contributed by atoms with Crippen molar-refractivity contribution in [2.24, 2.45) is 10.8 Å². The van der Waals surface area contributed by atoms with E-state index in [0.29, 0.717) is 19.7 Å². The van der Waals surface area contributed by atoms with Crippen molar-refractivity contribution >= 4 is 24.1 Å². The maximum atomic E-state index is 13.7. The Morgan fingerprint density at radius 3 is 2.55 bits per heavy atom. The molecule has 11 nitrogen and oxygen atoms in total. The van der Waals surface area contributed by atoms with Crippen LogP contribution in [0, 0.1) is 10.8 Å². The van der Waals surface area contributed by atoms with Crippen molar-refractivity contribution in [1.82, 2.24) is 15.1 Å². The van der Waals surface area contributed by atoms with Gasteiger partial charge in [-0.25, -0.2) is 14.4 Å². The van der Waals surface area contributed by atoms with Crippen LogP contribution in [0.5, 0.6) is 5.75 Å². The molecule has 1 saturated carbocycles. The molecule has 1 unspecified atom stereocenters. The van der Waals surface area contributed by atoms with Gasteiger partial charge >= 0.3 is 18.2 Å². The highest BCUT2D eigenvalue weighted by Gasteiger charge is 2.47. The summed E-state index contributed by atoms with van der Waals surface area (Å²) in [6.45, 7) is 6.82. The Morgan fingerprint density at radius 1 is 1.07 bits per heavy atom. The molecular weight excluding hydrogens is 518 g/mol. The summed E-state index contributed by atoms with van der Waals surface area (Å²) in [7, 11) is 0. The quantitative estimate of drug-likeness (QED) is 0.534. The first-order chi connectivity index (χ1) is 19.0. The van der Waals surface area contributed by atoms with Gasteiger partial charge in [0.05, 0.1) is 26.3 Å². The van der Waals surface area contributed by atoms with Gasteiger partial charge in [-0.3, -0.25) is 9.69 Å². The minimum atomic E-state index is -1.19. The Hall–Kier alpha value is -3.50. The van der Waals surface area contributed by atoms with Gasteiger partial charge in [0, 0.05) is 23.9 Å². The molecule has 1 spiro atoms. The van der Waals surface area contributed by atoms with E-state index in [4.69, 9.17) is 14.2 Å². The Morgan fingerprint density at radius 2 is 1.85 bits per heavy atom. The van der Waals surface area contributed by atoms with Gasteiger partial charge < -0.3 is 29.5 Å². The van der Waals surface area contributed by atoms with E-state index in [2.05, 4.69) is 5.32 Å². The monoisotopic (exact) mass is 557 g/mol. The number of hydrogen-bond donors (Lipinski definition) is 2. The van der Waals surface area contributed by atoms with Crippen LogP contribution >= 0.6 is 0 Å². The minimum Gasteiger partial charge on any atom is -0.493 e. The molecule has 1 aromatic rings. The van der Waals surface area contributed by atoms with E-state index < -0.39 is 47.7 Å². The third-order valence-electron chi connectivity index (χ3n) is 8.50. The second kappa shape index (κ2) is 10.8. The van der Waals surface area contributed by atoms with Crippen molar-refractivity contribution < 1.29 is 38.5 Å². The molecule has 11 heteroatoms. The number of fused-ring (bicyclic) bond motifs is 3. The van der Waals surface area contributed by atoms with Crippen LogP contribution in [-0.2, 0) is 32.2 Å². The number of aliphatic carboxylic acids is 1. The fourth-order valence-electron chi connectivity index (χ4n) is 5.85. The maximum absolute atomic E-state index is 13.7. The molecule has 1 aliphatic carbocycles. The predicted molar refractivity (Wildman–Crippen MR) is 142 cm³/mol. The Bertz CT molecular complexity index is 1170. The number of hydrogen-bond acceptors (Lipinski definition) is 7. The number of carboxylic acids is 1. The molecule has 2 fully saturated rings.